The van der Waals surface area contributed by atoms with Crippen LogP contribution in [-0.2, 0) is 0 Å². The molecular weight excluding hydrogens is 134 g/mol. The summed E-state index contributed by atoms with van der Waals surface area (Å²) in [4.78, 5) is 0. The molecule has 0 bridgehead atoms. The van der Waals surface area contributed by atoms with E-state index in [2.05, 4.69) is 19.2 Å². The van der Waals surface area contributed by atoms with Crippen molar-refractivity contribution in [3.63, 3.8) is 0 Å². The van der Waals surface area contributed by atoms with Crippen molar-refractivity contribution in [2.75, 3.05) is 13.1 Å². The minimum Gasteiger partial charge on any atom is -0.316 e. The van der Waals surface area contributed by atoms with Gasteiger partial charge >= 0.3 is 0 Å². The summed E-state index contributed by atoms with van der Waals surface area (Å²) in [6.07, 6.45) is 5.19. The second-order valence-corrected chi connectivity index (χ2v) is 3.73. The Hall–Kier alpha value is -0.0400. The topological polar surface area (TPSA) is 12.0 Å². The third kappa shape index (κ3) is 2.82. The fourth-order valence-corrected chi connectivity index (χ4v) is 1.90. The van der Waals surface area contributed by atoms with Crippen LogP contribution in [0.3, 0.4) is 0 Å². The molecule has 1 radical (unpaired) electrons. The van der Waals surface area contributed by atoms with Crippen molar-refractivity contribution < 1.29 is 0 Å². The van der Waals surface area contributed by atoms with Gasteiger partial charge in [0.1, 0.15) is 0 Å². The molecule has 1 N–H and O–H groups in total. The molecule has 1 rings (SSSR count). The molecule has 1 fully saturated rings. The van der Waals surface area contributed by atoms with Crippen molar-refractivity contribution in [1.29, 1.82) is 0 Å². The first-order valence-corrected chi connectivity index (χ1v) is 4.84. The van der Waals surface area contributed by atoms with E-state index in [4.69, 9.17) is 0 Å². The van der Waals surface area contributed by atoms with Crippen LogP contribution in [0.2, 0.25) is 0 Å². The lowest BCUT2D eigenvalue weighted by Crippen LogP contribution is -2.34. The average molecular weight is 154 g/mol. The first-order chi connectivity index (χ1) is 5.34. The van der Waals surface area contributed by atoms with Gasteiger partial charge in [-0.15, -0.1) is 0 Å². The summed E-state index contributed by atoms with van der Waals surface area (Å²) in [5.74, 6) is 1.85. The quantitative estimate of drug-likeness (QED) is 0.657. The van der Waals surface area contributed by atoms with E-state index < -0.39 is 0 Å². The van der Waals surface area contributed by atoms with Gasteiger partial charge in [-0.3, -0.25) is 0 Å². The second kappa shape index (κ2) is 4.76. The summed E-state index contributed by atoms with van der Waals surface area (Å²) >= 11 is 0. The maximum atomic E-state index is 3.88. The number of hydrogen-bond donors (Lipinski definition) is 1. The van der Waals surface area contributed by atoms with Crippen LogP contribution in [0.5, 0.6) is 0 Å². The van der Waals surface area contributed by atoms with Gasteiger partial charge in [0.15, 0.2) is 0 Å². The maximum Gasteiger partial charge on any atom is -0.00205 e. The molecule has 0 aromatic rings. The molecule has 1 heteroatoms. The van der Waals surface area contributed by atoms with Crippen molar-refractivity contribution in [3.8, 4) is 0 Å². The Morgan fingerprint density at radius 2 is 2.36 bits per heavy atom. The monoisotopic (exact) mass is 154 g/mol. The molecule has 0 amide bonds. The van der Waals surface area contributed by atoms with Crippen molar-refractivity contribution in [3.05, 3.63) is 6.92 Å². The molecule has 1 aliphatic rings. The third-order valence-corrected chi connectivity index (χ3v) is 2.79. The lowest BCUT2D eigenvalue weighted by atomic mass is 9.84. The fraction of sp³-hybridized carbons (Fsp3) is 0.900. The minimum absolute atomic E-state index is 0.885. The summed E-state index contributed by atoms with van der Waals surface area (Å²) in [5.41, 5.74) is 0. The Morgan fingerprint density at radius 3 is 3.00 bits per heavy atom. The van der Waals surface area contributed by atoms with Gasteiger partial charge in [0.05, 0.1) is 0 Å². The van der Waals surface area contributed by atoms with Crippen molar-refractivity contribution >= 4 is 0 Å². The highest BCUT2D eigenvalue weighted by atomic mass is 14.9. The Balaban J connectivity index is 2.18. The van der Waals surface area contributed by atoms with Gasteiger partial charge in [-0.1, -0.05) is 33.1 Å². The van der Waals surface area contributed by atoms with Crippen LogP contribution in [0.25, 0.3) is 0 Å². The Morgan fingerprint density at radius 1 is 1.55 bits per heavy atom. The van der Waals surface area contributed by atoms with E-state index >= 15 is 0 Å². The molecule has 0 spiro atoms. The van der Waals surface area contributed by atoms with Crippen molar-refractivity contribution in [2.24, 2.45) is 11.8 Å². The molecule has 1 saturated heterocycles. The molecule has 65 valence electrons. The predicted molar refractivity (Wildman–Crippen MR) is 49.3 cm³/mol. The van der Waals surface area contributed by atoms with Crippen LogP contribution >= 0.6 is 0 Å². The van der Waals surface area contributed by atoms with Crippen LogP contribution in [0, 0.1) is 18.8 Å². The Labute approximate surface area is 70.6 Å². The highest BCUT2D eigenvalue weighted by molar-refractivity contribution is 4.74. The summed E-state index contributed by atoms with van der Waals surface area (Å²) < 4.78 is 0. The van der Waals surface area contributed by atoms with Crippen LogP contribution in [0.4, 0.5) is 0 Å². The van der Waals surface area contributed by atoms with Crippen LogP contribution < -0.4 is 5.32 Å². The lowest BCUT2D eigenvalue weighted by Gasteiger charge is -2.29. The SMILES string of the molecule is [CH2]CCCC1CCNCC1C. The molecule has 1 aliphatic heterocycles. The van der Waals surface area contributed by atoms with E-state index in [1.807, 2.05) is 0 Å². The first-order valence-electron chi connectivity index (χ1n) is 4.84. The third-order valence-electron chi connectivity index (χ3n) is 2.79. The van der Waals surface area contributed by atoms with Gasteiger partial charge < -0.3 is 5.32 Å². The Kier molecular flexibility index (Phi) is 3.92. The molecule has 0 aliphatic carbocycles. The highest BCUT2D eigenvalue weighted by Gasteiger charge is 2.19. The molecular formula is C10H20N. The zero-order valence-electron chi connectivity index (χ0n) is 7.60. The fourth-order valence-electron chi connectivity index (χ4n) is 1.90. The molecule has 0 aromatic heterocycles. The van der Waals surface area contributed by atoms with Crippen LogP contribution in [0.15, 0.2) is 0 Å². The standard InChI is InChI=1S/C10H20N/c1-3-4-5-10-6-7-11-8-9(10)2/h9-11H,1,3-8H2,2H3. The van der Waals surface area contributed by atoms with E-state index in [1.54, 1.807) is 0 Å². The first kappa shape index (κ1) is 9.05. The number of piperidine rings is 1. The number of nitrogens with one attached hydrogen (secondary N) is 1. The van der Waals surface area contributed by atoms with Crippen LogP contribution in [-0.4, -0.2) is 13.1 Å². The van der Waals surface area contributed by atoms with Crippen molar-refractivity contribution in [1.82, 2.24) is 5.32 Å². The molecule has 2 unspecified atom stereocenters. The van der Waals surface area contributed by atoms with Crippen LogP contribution in [0.1, 0.15) is 32.6 Å². The minimum atomic E-state index is 0.885. The van der Waals surface area contributed by atoms with Gasteiger partial charge in [0.2, 0.25) is 0 Å². The summed E-state index contributed by atoms with van der Waals surface area (Å²) in [7, 11) is 0. The van der Waals surface area contributed by atoms with E-state index in [-0.39, 0.29) is 0 Å². The Bertz CT molecular complexity index is 101. The smallest absolute Gasteiger partial charge is 0.00205 e. The molecule has 1 nitrogen and oxygen atoms in total. The zero-order valence-corrected chi connectivity index (χ0v) is 7.60. The zero-order chi connectivity index (χ0) is 8.10. The molecule has 0 saturated carbocycles. The molecule has 0 aromatic carbocycles. The van der Waals surface area contributed by atoms with E-state index in [0.717, 1.165) is 18.3 Å². The number of unbranched alkanes of at least 4 members (excludes halogenated alkanes) is 1. The van der Waals surface area contributed by atoms with Gasteiger partial charge in [-0.05, 0) is 31.3 Å². The van der Waals surface area contributed by atoms with Gasteiger partial charge in [-0.2, -0.15) is 0 Å². The van der Waals surface area contributed by atoms with E-state index in [0.29, 0.717) is 0 Å². The number of hydrogen-bond acceptors (Lipinski definition) is 1. The molecule has 2 atom stereocenters. The maximum absolute atomic E-state index is 3.88. The van der Waals surface area contributed by atoms with E-state index in [1.165, 1.54) is 32.4 Å². The average Bonchev–Trinajstić information content (AvgIpc) is 2.03. The summed E-state index contributed by atoms with van der Waals surface area (Å²) in [6.45, 7) is 8.69. The summed E-state index contributed by atoms with van der Waals surface area (Å²) in [6, 6.07) is 0. The highest BCUT2D eigenvalue weighted by Crippen LogP contribution is 2.23. The molecule has 1 heterocycles. The normalized spacial score (nSPS) is 32.2. The largest absolute Gasteiger partial charge is 0.316 e. The van der Waals surface area contributed by atoms with Gasteiger partial charge in [-0.25, -0.2) is 0 Å². The van der Waals surface area contributed by atoms with Gasteiger partial charge in [0, 0.05) is 0 Å². The molecule has 11 heavy (non-hydrogen) atoms. The lowest BCUT2D eigenvalue weighted by molar-refractivity contribution is 0.255. The predicted octanol–water partition coefficient (Wildman–Crippen LogP) is 2.24. The summed E-state index contributed by atoms with van der Waals surface area (Å²) in [5, 5.41) is 3.43. The second-order valence-electron chi connectivity index (χ2n) is 3.73. The van der Waals surface area contributed by atoms with Crippen molar-refractivity contribution in [2.45, 2.75) is 32.6 Å². The van der Waals surface area contributed by atoms with E-state index in [9.17, 15) is 0 Å². The van der Waals surface area contributed by atoms with Gasteiger partial charge in [0.25, 0.3) is 0 Å². The number of rotatable bonds is 3.